The summed E-state index contributed by atoms with van der Waals surface area (Å²) in [4.78, 5) is 34.5. The van der Waals surface area contributed by atoms with Gasteiger partial charge < -0.3 is 10.2 Å². The second-order valence-electron chi connectivity index (χ2n) is 7.38. The zero-order valence-corrected chi connectivity index (χ0v) is 18.0. The van der Waals surface area contributed by atoms with Crippen molar-refractivity contribution in [2.45, 2.75) is 18.2 Å². The van der Waals surface area contributed by atoms with E-state index in [0.717, 1.165) is 11.3 Å². The Hall–Kier alpha value is -3.79. The third-order valence-corrected chi connectivity index (χ3v) is 6.47. The number of nitrogens with zero attached hydrogens (tertiary/aromatic N) is 3. The molecule has 0 saturated carbocycles. The maximum Gasteiger partial charge on any atom is 0.264 e. The highest BCUT2D eigenvalue weighted by Crippen LogP contribution is 2.28. The van der Waals surface area contributed by atoms with Crippen LogP contribution in [0.15, 0.2) is 71.9 Å². The van der Waals surface area contributed by atoms with Gasteiger partial charge in [0.1, 0.15) is 0 Å². The maximum atomic E-state index is 12.7. The molecule has 10 heteroatoms. The van der Waals surface area contributed by atoms with Gasteiger partial charge >= 0.3 is 0 Å². The molecule has 0 unspecified atom stereocenters. The molecule has 2 aromatic carbocycles. The molecule has 2 heterocycles. The van der Waals surface area contributed by atoms with Crippen molar-refractivity contribution in [2.75, 3.05) is 21.5 Å². The van der Waals surface area contributed by atoms with E-state index in [-0.39, 0.29) is 29.1 Å². The van der Waals surface area contributed by atoms with Crippen LogP contribution in [0, 0.1) is 12.8 Å². The lowest BCUT2D eigenvalue weighted by atomic mass is 10.1. The normalized spacial score (nSPS) is 16.1. The van der Waals surface area contributed by atoms with Gasteiger partial charge in [-0.25, -0.2) is 23.1 Å². The van der Waals surface area contributed by atoms with E-state index in [1.54, 1.807) is 11.0 Å². The molecule has 1 atom stereocenters. The summed E-state index contributed by atoms with van der Waals surface area (Å²) >= 11 is 0. The van der Waals surface area contributed by atoms with E-state index in [1.807, 2.05) is 31.2 Å². The van der Waals surface area contributed by atoms with E-state index in [1.165, 1.54) is 36.7 Å². The average molecular weight is 452 g/mol. The number of hydrogen-bond acceptors (Lipinski definition) is 6. The van der Waals surface area contributed by atoms with Gasteiger partial charge in [-0.05, 0) is 48.9 Å². The van der Waals surface area contributed by atoms with E-state index in [4.69, 9.17) is 0 Å². The summed E-state index contributed by atoms with van der Waals surface area (Å²) in [7, 11) is -3.86. The van der Waals surface area contributed by atoms with Crippen molar-refractivity contribution in [3.05, 3.63) is 72.6 Å². The van der Waals surface area contributed by atoms with Gasteiger partial charge in [-0.3, -0.25) is 9.59 Å². The van der Waals surface area contributed by atoms with Crippen LogP contribution >= 0.6 is 0 Å². The van der Waals surface area contributed by atoms with Gasteiger partial charge in [0.2, 0.25) is 17.8 Å². The standard InChI is InChI=1S/C22H21N5O4S/c1-15-5-2-3-6-19(15)27-14-16(13-20(27)28)21(29)25-17-7-9-18(10-8-17)32(30,31)26-22-23-11-4-12-24-22/h2-12,16H,13-14H2,1H3,(H,25,29)(H,23,24,26)/t16-/m1/s1. The Kier molecular flexibility index (Phi) is 5.87. The number of rotatable bonds is 6. The molecule has 164 valence electrons. The van der Waals surface area contributed by atoms with Crippen molar-refractivity contribution in [3.63, 3.8) is 0 Å². The zero-order valence-electron chi connectivity index (χ0n) is 17.2. The van der Waals surface area contributed by atoms with Gasteiger partial charge in [0, 0.05) is 36.7 Å². The molecule has 0 spiro atoms. The number of para-hydroxylation sites is 1. The number of amides is 2. The molecule has 3 aromatic rings. The lowest BCUT2D eigenvalue weighted by Gasteiger charge is -2.19. The molecule has 0 bridgehead atoms. The van der Waals surface area contributed by atoms with Gasteiger partial charge in [0.15, 0.2) is 0 Å². The number of sulfonamides is 1. The molecule has 2 N–H and O–H groups in total. The molecular formula is C22H21N5O4S. The van der Waals surface area contributed by atoms with Crippen LogP contribution in [0.3, 0.4) is 0 Å². The Morgan fingerprint density at radius 3 is 2.41 bits per heavy atom. The number of nitrogens with one attached hydrogen (secondary N) is 2. The number of carbonyl (C=O) groups is 2. The van der Waals surface area contributed by atoms with Crippen molar-refractivity contribution in [1.29, 1.82) is 0 Å². The third kappa shape index (κ3) is 4.59. The largest absolute Gasteiger partial charge is 0.326 e. The molecule has 0 aliphatic carbocycles. The summed E-state index contributed by atoms with van der Waals surface area (Å²) in [5.41, 5.74) is 2.21. The van der Waals surface area contributed by atoms with Crippen molar-refractivity contribution >= 4 is 39.2 Å². The highest BCUT2D eigenvalue weighted by atomic mass is 32.2. The van der Waals surface area contributed by atoms with Gasteiger partial charge in [-0.15, -0.1) is 0 Å². The van der Waals surface area contributed by atoms with Crippen LogP contribution in [0.4, 0.5) is 17.3 Å². The fraction of sp³-hybridized carbons (Fsp3) is 0.182. The van der Waals surface area contributed by atoms with Crippen LogP contribution in [-0.2, 0) is 19.6 Å². The molecule has 4 rings (SSSR count). The predicted molar refractivity (Wildman–Crippen MR) is 120 cm³/mol. The van der Waals surface area contributed by atoms with E-state index >= 15 is 0 Å². The van der Waals surface area contributed by atoms with Crippen LogP contribution in [0.2, 0.25) is 0 Å². The first-order valence-corrected chi connectivity index (χ1v) is 11.4. The Labute approximate surface area is 185 Å². The topological polar surface area (TPSA) is 121 Å². The van der Waals surface area contributed by atoms with Crippen LogP contribution in [0.1, 0.15) is 12.0 Å². The highest BCUT2D eigenvalue weighted by molar-refractivity contribution is 7.92. The van der Waals surface area contributed by atoms with Crippen LogP contribution < -0.4 is 14.9 Å². The fourth-order valence-electron chi connectivity index (χ4n) is 3.47. The summed E-state index contributed by atoms with van der Waals surface area (Å²) in [5, 5.41) is 2.76. The monoisotopic (exact) mass is 451 g/mol. The minimum atomic E-state index is -3.86. The first kappa shape index (κ1) is 21.4. The van der Waals surface area contributed by atoms with E-state index < -0.39 is 15.9 Å². The molecule has 1 aliphatic heterocycles. The summed E-state index contributed by atoms with van der Waals surface area (Å²) in [5.74, 6) is -0.924. The minimum Gasteiger partial charge on any atom is -0.326 e. The lowest BCUT2D eigenvalue weighted by Crippen LogP contribution is -2.28. The molecule has 1 saturated heterocycles. The lowest BCUT2D eigenvalue weighted by molar-refractivity contribution is -0.122. The smallest absolute Gasteiger partial charge is 0.264 e. The number of aromatic nitrogens is 2. The molecule has 0 radical (unpaired) electrons. The number of hydrogen-bond donors (Lipinski definition) is 2. The first-order valence-electron chi connectivity index (χ1n) is 9.90. The van der Waals surface area contributed by atoms with Crippen molar-refractivity contribution in [2.24, 2.45) is 5.92 Å². The number of benzene rings is 2. The summed E-state index contributed by atoms with van der Waals surface area (Å²) in [6, 6.07) is 14.9. The predicted octanol–water partition coefficient (Wildman–Crippen LogP) is 2.58. The molecule has 2 amide bonds. The molecule has 1 fully saturated rings. The Morgan fingerprint density at radius 1 is 1.03 bits per heavy atom. The molecule has 9 nitrogen and oxygen atoms in total. The summed E-state index contributed by atoms with van der Waals surface area (Å²) < 4.78 is 27.2. The first-order chi connectivity index (χ1) is 15.3. The number of carbonyl (C=O) groups excluding carboxylic acids is 2. The zero-order chi connectivity index (χ0) is 22.7. The second-order valence-corrected chi connectivity index (χ2v) is 9.07. The Morgan fingerprint density at radius 2 is 1.72 bits per heavy atom. The van der Waals surface area contributed by atoms with E-state index in [2.05, 4.69) is 20.0 Å². The summed E-state index contributed by atoms with van der Waals surface area (Å²) in [6.45, 7) is 2.22. The minimum absolute atomic E-state index is 0.00437. The average Bonchev–Trinajstić information content (AvgIpc) is 3.16. The number of anilines is 3. The number of aryl methyl sites for hydroxylation is 1. The quantitative estimate of drug-likeness (QED) is 0.594. The third-order valence-electron chi connectivity index (χ3n) is 5.13. The van der Waals surface area contributed by atoms with Crippen molar-refractivity contribution in [3.8, 4) is 0 Å². The highest BCUT2D eigenvalue weighted by Gasteiger charge is 2.35. The molecular weight excluding hydrogens is 430 g/mol. The molecule has 1 aromatic heterocycles. The Bertz CT molecular complexity index is 1250. The van der Waals surface area contributed by atoms with Crippen LogP contribution in [0.25, 0.3) is 0 Å². The fourth-order valence-corrected chi connectivity index (χ4v) is 4.43. The summed E-state index contributed by atoms with van der Waals surface area (Å²) in [6.07, 6.45) is 2.97. The second kappa shape index (κ2) is 8.75. The molecule has 1 aliphatic rings. The van der Waals surface area contributed by atoms with Crippen molar-refractivity contribution in [1.82, 2.24) is 9.97 Å². The van der Waals surface area contributed by atoms with Gasteiger partial charge in [-0.2, -0.15) is 0 Å². The van der Waals surface area contributed by atoms with Gasteiger partial charge in [-0.1, -0.05) is 18.2 Å². The van der Waals surface area contributed by atoms with Crippen molar-refractivity contribution < 1.29 is 18.0 Å². The Balaban J connectivity index is 1.41. The van der Waals surface area contributed by atoms with Gasteiger partial charge in [0.25, 0.3) is 10.0 Å². The van der Waals surface area contributed by atoms with Gasteiger partial charge in [0.05, 0.1) is 10.8 Å². The van der Waals surface area contributed by atoms with Crippen LogP contribution in [-0.4, -0.2) is 36.7 Å². The van der Waals surface area contributed by atoms with Crippen LogP contribution in [0.5, 0.6) is 0 Å². The van der Waals surface area contributed by atoms with E-state index in [0.29, 0.717) is 12.2 Å². The maximum absolute atomic E-state index is 12.7. The molecule has 32 heavy (non-hydrogen) atoms. The SMILES string of the molecule is Cc1ccccc1N1C[C@H](C(=O)Nc2ccc(S(=O)(=O)Nc3ncccn3)cc2)CC1=O. The van der Waals surface area contributed by atoms with E-state index in [9.17, 15) is 18.0 Å².